The number of rotatable bonds is 7. The zero-order chi connectivity index (χ0) is 18.6. The lowest BCUT2D eigenvalue weighted by atomic mass is 10.0. The predicted molar refractivity (Wildman–Crippen MR) is 97.2 cm³/mol. The summed E-state index contributed by atoms with van der Waals surface area (Å²) < 4.78 is 12.4. The van der Waals surface area contributed by atoms with Gasteiger partial charge in [-0.1, -0.05) is 13.0 Å². The summed E-state index contributed by atoms with van der Waals surface area (Å²) in [5, 5.41) is 7.51. The Morgan fingerprint density at radius 1 is 1.20 bits per heavy atom. The van der Waals surface area contributed by atoms with E-state index in [4.69, 9.17) is 9.47 Å². The van der Waals surface area contributed by atoms with Gasteiger partial charge in [0.1, 0.15) is 6.54 Å². The van der Waals surface area contributed by atoms with Crippen molar-refractivity contribution in [1.82, 2.24) is 15.1 Å². The van der Waals surface area contributed by atoms with Crippen LogP contribution in [0.4, 0.5) is 0 Å². The second-order valence-corrected chi connectivity index (χ2v) is 6.10. The van der Waals surface area contributed by atoms with E-state index in [1.54, 1.807) is 18.9 Å². The maximum Gasteiger partial charge on any atom is 0.242 e. The van der Waals surface area contributed by atoms with Gasteiger partial charge in [-0.25, -0.2) is 0 Å². The van der Waals surface area contributed by atoms with E-state index in [0.29, 0.717) is 11.5 Å². The van der Waals surface area contributed by atoms with Crippen LogP contribution in [0.15, 0.2) is 18.2 Å². The summed E-state index contributed by atoms with van der Waals surface area (Å²) in [7, 11) is 3.21. The van der Waals surface area contributed by atoms with E-state index >= 15 is 0 Å². The smallest absolute Gasteiger partial charge is 0.242 e. The first kappa shape index (κ1) is 18.8. The Morgan fingerprint density at radius 3 is 2.40 bits per heavy atom. The highest BCUT2D eigenvalue weighted by molar-refractivity contribution is 5.76. The van der Waals surface area contributed by atoms with E-state index in [-0.39, 0.29) is 18.5 Å². The summed E-state index contributed by atoms with van der Waals surface area (Å²) >= 11 is 0. The minimum absolute atomic E-state index is 0.0627. The molecule has 0 saturated carbocycles. The number of carbonyl (C=O) groups excluding carboxylic acids is 1. The number of carbonyl (C=O) groups is 1. The Balaban J connectivity index is 2.13. The molecule has 0 saturated heterocycles. The molecule has 2 aromatic rings. The highest BCUT2D eigenvalue weighted by atomic mass is 16.5. The van der Waals surface area contributed by atoms with Crippen LogP contribution in [0.1, 0.15) is 41.9 Å². The van der Waals surface area contributed by atoms with Gasteiger partial charge in [-0.2, -0.15) is 5.10 Å². The van der Waals surface area contributed by atoms with Crippen molar-refractivity contribution in [3.8, 4) is 11.5 Å². The number of amides is 1. The molecule has 1 aromatic carbocycles. The van der Waals surface area contributed by atoms with Gasteiger partial charge in [-0.15, -0.1) is 0 Å². The topological polar surface area (TPSA) is 65.4 Å². The highest BCUT2D eigenvalue weighted by Crippen LogP contribution is 2.30. The molecule has 1 atom stereocenters. The average Bonchev–Trinajstić information content (AvgIpc) is 2.85. The van der Waals surface area contributed by atoms with Gasteiger partial charge in [-0.3, -0.25) is 9.48 Å². The van der Waals surface area contributed by atoms with Gasteiger partial charge in [0.15, 0.2) is 11.5 Å². The lowest BCUT2D eigenvalue weighted by Crippen LogP contribution is -2.32. The maximum absolute atomic E-state index is 12.5. The molecule has 0 radical (unpaired) electrons. The van der Waals surface area contributed by atoms with Gasteiger partial charge in [0.2, 0.25) is 5.91 Å². The zero-order valence-electron chi connectivity index (χ0n) is 15.8. The van der Waals surface area contributed by atoms with Crippen LogP contribution in [-0.4, -0.2) is 29.9 Å². The lowest BCUT2D eigenvalue weighted by Gasteiger charge is -2.19. The van der Waals surface area contributed by atoms with Crippen molar-refractivity contribution in [3.63, 3.8) is 0 Å². The molecule has 0 aliphatic heterocycles. The molecule has 0 unspecified atom stereocenters. The Hall–Kier alpha value is -2.50. The molecular weight excluding hydrogens is 318 g/mol. The van der Waals surface area contributed by atoms with Crippen LogP contribution >= 0.6 is 0 Å². The van der Waals surface area contributed by atoms with Crippen molar-refractivity contribution in [2.45, 2.75) is 46.7 Å². The number of methoxy groups -OCH3 is 2. The molecule has 1 heterocycles. The van der Waals surface area contributed by atoms with E-state index in [1.807, 2.05) is 45.9 Å². The minimum atomic E-state index is -0.0923. The third-order valence-corrected chi connectivity index (χ3v) is 4.59. The van der Waals surface area contributed by atoms with Gasteiger partial charge < -0.3 is 14.8 Å². The summed E-state index contributed by atoms with van der Waals surface area (Å²) in [6.45, 7) is 8.20. The van der Waals surface area contributed by atoms with E-state index in [0.717, 1.165) is 28.9 Å². The van der Waals surface area contributed by atoms with Gasteiger partial charge in [0.05, 0.1) is 26.0 Å². The van der Waals surface area contributed by atoms with Crippen molar-refractivity contribution < 1.29 is 14.3 Å². The molecule has 0 bridgehead atoms. The van der Waals surface area contributed by atoms with E-state index in [1.165, 1.54) is 0 Å². The van der Waals surface area contributed by atoms with E-state index in [2.05, 4.69) is 10.4 Å². The molecule has 6 heteroatoms. The van der Waals surface area contributed by atoms with E-state index < -0.39 is 0 Å². The summed E-state index contributed by atoms with van der Waals surface area (Å²) in [6.07, 6.45) is 0.775. The fourth-order valence-corrected chi connectivity index (χ4v) is 2.81. The largest absolute Gasteiger partial charge is 0.493 e. The van der Waals surface area contributed by atoms with Crippen molar-refractivity contribution >= 4 is 5.91 Å². The summed E-state index contributed by atoms with van der Waals surface area (Å²) in [4.78, 5) is 12.5. The van der Waals surface area contributed by atoms with Crippen LogP contribution < -0.4 is 14.8 Å². The standard InChI is InChI=1S/C19H27N3O3/c1-7-16(15-8-9-17(24-5)18(10-15)25-6)20-19(23)11-22-14(4)12(2)13(3)21-22/h8-10,16H,7,11H2,1-6H3,(H,20,23)/t16-/m0/s1. The number of ether oxygens (including phenoxy) is 2. The number of benzene rings is 1. The van der Waals surface area contributed by atoms with Crippen LogP contribution in [-0.2, 0) is 11.3 Å². The van der Waals surface area contributed by atoms with Crippen LogP contribution in [0.3, 0.4) is 0 Å². The number of aryl methyl sites for hydroxylation is 1. The molecule has 2 rings (SSSR count). The fraction of sp³-hybridized carbons (Fsp3) is 0.474. The fourth-order valence-electron chi connectivity index (χ4n) is 2.81. The summed E-state index contributed by atoms with van der Waals surface area (Å²) in [5.74, 6) is 1.26. The van der Waals surface area contributed by atoms with Gasteiger partial charge in [-0.05, 0) is 50.5 Å². The first-order chi connectivity index (χ1) is 11.9. The normalized spacial score (nSPS) is 11.9. The van der Waals surface area contributed by atoms with Crippen molar-refractivity contribution in [3.05, 3.63) is 40.7 Å². The van der Waals surface area contributed by atoms with Gasteiger partial charge >= 0.3 is 0 Å². The third kappa shape index (κ3) is 4.13. The number of nitrogens with zero attached hydrogens (tertiary/aromatic N) is 2. The molecule has 6 nitrogen and oxygen atoms in total. The van der Waals surface area contributed by atoms with Gasteiger partial charge in [0, 0.05) is 5.69 Å². The molecule has 136 valence electrons. The first-order valence-electron chi connectivity index (χ1n) is 8.43. The van der Waals surface area contributed by atoms with Crippen LogP contribution in [0, 0.1) is 20.8 Å². The first-order valence-corrected chi connectivity index (χ1v) is 8.43. The molecule has 0 aliphatic rings. The van der Waals surface area contributed by atoms with Crippen molar-refractivity contribution in [1.29, 1.82) is 0 Å². The molecule has 0 aliphatic carbocycles. The van der Waals surface area contributed by atoms with Crippen molar-refractivity contribution in [2.24, 2.45) is 0 Å². The Labute approximate surface area is 149 Å². The summed E-state index contributed by atoms with van der Waals surface area (Å²) in [6, 6.07) is 5.61. The van der Waals surface area contributed by atoms with Crippen LogP contribution in [0.25, 0.3) is 0 Å². The maximum atomic E-state index is 12.5. The zero-order valence-corrected chi connectivity index (χ0v) is 15.8. The molecule has 1 aromatic heterocycles. The molecular formula is C19H27N3O3. The second kappa shape index (κ2) is 8.05. The van der Waals surface area contributed by atoms with Crippen LogP contribution in [0.5, 0.6) is 11.5 Å². The number of hydrogen-bond acceptors (Lipinski definition) is 4. The Morgan fingerprint density at radius 2 is 1.88 bits per heavy atom. The van der Waals surface area contributed by atoms with Gasteiger partial charge in [0.25, 0.3) is 0 Å². The molecule has 0 fully saturated rings. The third-order valence-electron chi connectivity index (χ3n) is 4.59. The highest BCUT2D eigenvalue weighted by Gasteiger charge is 2.17. The molecule has 25 heavy (non-hydrogen) atoms. The Bertz CT molecular complexity index is 753. The summed E-state index contributed by atoms with van der Waals surface area (Å²) in [5.41, 5.74) is 4.09. The van der Waals surface area contributed by atoms with Crippen molar-refractivity contribution in [2.75, 3.05) is 14.2 Å². The number of aromatic nitrogens is 2. The predicted octanol–water partition coefficient (Wildman–Crippen LogP) is 3.09. The van der Waals surface area contributed by atoms with E-state index in [9.17, 15) is 4.79 Å². The second-order valence-electron chi connectivity index (χ2n) is 6.10. The Kier molecular flexibility index (Phi) is 6.07. The molecule has 1 N–H and O–H groups in total. The average molecular weight is 345 g/mol. The number of hydrogen-bond donors (Lipinski definition) is 1. The lowest BCUT2D eigenvalue weighted by molar-refractivity contribution is -0.122. The van der Waals surface area contributed by atoms with Crippen LogP contribution in [0.2, 0.25) is 0 Å². The minimum Gasteiger partial charge on any atom is -0.493 e. The molecule has 1 amide bonds. The molecule has 0 spiro atoms. The monoisotopic (exact) mass is 345 g/mol. The SMILES string of the molecule is CC[C@H](NC(=O)Cn1nc(C)c(C)c1C)c1ccc(OC)c(OC)c1. The quantitative estimate of drug-likeness (QED) is 0.837. The number of nitrogens with one attached hydrogen (secondary N) is 1.